The molecule has 0 radical (unpaired) electrons. The van der Waals surface area contributed by atoms with Crippen molar-refractivity contribution in [2.45, 2.75) is 31.7 Å². The summed E-state index contributed by atoms with van der Waals surface area (Å²) in [5, 5.41) is 3.32. The van der Waals surface area contributed by atoms with E-state index in [2.05, 4.69) is 10.0 Å². The topological polar surface area (TPSA) is 67.4 Å². The summed E-state index contributed by atoms with van der Waals surface area (Å²) < 4.78 is 44.7. The lowest BCUT2D eigenvalue weighted by atomic mass is 10.0. The third-order valence-corrected chi connectivity index (χ3v) is 4.89. The minimum atomic E-state index is -3.44. The van der Waals surface area contributed by atoms with Gasteiger partial charge in [-0.25, -0.2) is 12.8 Å². The molecule has 0 saturated carbocycles. The summed E-state index contributed by atoms with van der Waals surface area (Å²) in [6, 6.07) is 4.16. The Morgan fingerprint density at radius 1 is 1.43 bits per heavy atom. The van der Waals surface area contributed by atoms with Crippen LogP contribution in [0.5, 0.6) is 5.75 Å². The van der Waals surface area contributed by atoms with E-state index in [1.165, 1.54) is 25.3 Å². The Hall–Kier alpha value is -1.34. The molecule has 0 bridgehead atoms. The molecule has 1 fully saturated rings. The highest BCUT2D eigenvalue weighted by molar-refractivity contribution is 7.92. The third-order valence-electron chi connectivity index (χ3n) is 3.57. The molecule has 1 aromatic carbocycles. The van der Waals surface area contributed by atoms with Gasteiger partial charge in [-0.1, -0.05) is 6.42 Å². The molecule has 21 heavy (non-hydrogen) atoms. The molecule has 1 aromatic rings. The smallest absolute Gasteiger partial charge is 0.232 e. The number of anilines is 1. The van der Waals surface area contributed by atoms with Crippen molar-refractivity contribution in [3.8, 4) is 5.75 Å². The predicted molar refractivity (Wildman–Crippen MR) is 80.6 cm³/mol. The number of sulfonamides is 1. The van der Waals surface area contributed by atoms with Crippen LogP contribution in [-0.4, -0.2) is 33.9 Å². The second-order valence-corrected chi connectivity index (χ2v) is 7.05. The van der Waals surface area contributed by atoms with Gasteiger partial charge >= 0.3 is 0 Å². The minimum Gasteiger partial charge on any atom is -0.494 e. The molecule has 1 saturated heterocycles. The summed E-state index contributed by atoms with van der Waals surface area (Å²) in [5.41, 5.74) is 0.310. The zero-order valence-electron chi connectivity index (χ0n) is 12.1. The number of ether oxygens (including phenoxy) is 1. The van der Waals surface area contributed by atoms with Crippen LogP contribution in [-0.2, 0) is 10.0 Å². The second-order valence-electron chi connectivity index (χ2n) is 5.21. The molecule has 0 spiro atoms. The first-order valence-corrected chi connectivity index (χ1v) is 8.73. The van der Waals surface area contributed by atoms with Crippen LogP contribution in [0.15, 0.2) is 18.2 Å². The molecule has 1 unspecified atom stereocenters. The summed E-state index contributed by atoms with van der Waals surface area (Å²) in [6.07, 6.45) is 3.88. The van der Waals surface area contributed by atoms with Crippen molar-refractivity contribution in [3.05, 3.63) is 24.0 Å². The maximum absolute atomic E-state index is 13.3. The van der Waals surface area contributed by atoms with Gasteiger partial charge in [0.25, 0.3) is 0 Å². The van der Waals surface area contributed by atoms with Crippen LogP contribution in [0, 0.1) is 5.82 Å². The molecule has 2 rings (SSSR count). The molecule has 2 N–H and O–H groups in total. The summed E-state index contributed by atoms with van der Waals surface area (Å²) in [5.74, 6) is -0.458. The van der Waals surface area contributed by atoms with Gasteiger partial charge in [0.05, 0.1) is 18.6 Å². The Kier molecular flexibility index (Phi) is 5.41. The maximum Gasteiger partial charge on any atom is 0.232 e. The van der Waals surface area contributed by atoms with Crippen LogP contribution in [0.25, 0.3) is 0 Å². The lowest BCUT2D eigenvalue weighted by Crippen LogP contribution is -2.36. The van der Waals surface area contributed by atoms with Gasteiger partial charge < -0.3 is 10.1 Å². The van der Waals surface area contributed by atoms with Crippen molar-refractivity contribution < 1.29 is 17.5 Å². The lowest BCUT2D eigenvalue weighted by Gasteiger charge is -2.23. The van der Waals surface area contributed by atoms with Crippen molar-refractivity contribution in [1.82, 2.24) is 5.32 Å². The largest absolute Gasteiger partial charge is 0.494 e. The number of rotatable bonds is 6. The zero-order valence-corrected chi connectivity index (χ0v) is 12.9. The Morgan fingerprint density at radius 2 is 2.24 bits per heavy atom. The quantitative estimate of drug-likeness (QED) is 0.843. The van der Waals surface area contributed by atoms with Gasteiger partial charge in [0.15, 0.2) is 11.6 Å². The fourth-order valence-corrected chi connectivity index (χ4v) is 3.60. The van der Waals surface area contributed by atoms with Crippen molar-refractivity contribution in [3.63, 3.8) is 0 Å². The van der Waals surface area contributed by atoms with Crippen LogP contribution in [0.4, 0.5) is 10.1 Å². The Bertz CT molecular complexity index is 572. The number of halogens is 1. The van der Waals surface area contributed by atoms with E-state index in [0.717, 1.165) is 25.8 Å². The fraction of sp³-hybridized carbons (Fsp3) is 0.571. The van der Waals surface area contributed by atoms with Gasteiger partial charge in [-0.3, -0.25) is 4.72 Å². The molecule has 118 valence electrons. The number of methoxy groups -OCH3 is 1. The van der Waals surface area contributed by atoms with Crippen molar-refractivity contribution in [2.24, 2.45) is 0 Å². The Labute approximate surface area is 124 Å². The van der Waals surface area contributed by atoms with Gasteiger partial charge in [-0.05, 0) is 37.9 Å². The highest BCUT2D eigenvalue weighted by Crippen LogP contribution is 2.22. The molecule has 1 atom stereocenters. The molecule has 1 heterocycles. The third kappa shape index (κ3) is 4.86. The van der Waals surface area contributed by atoms with E-state index >= 15 is 0 Å². The summed E-state index contributed by atoms with van der Waals surface area (Å²) in [4.78, 5) is 0. The van der Waals surface area contributed by atoms with Crippen LogP contribution < -0.4 is 14.8 Å². The maximum atomic E-state index is 13.3. The first kappa shape index (κ1) is 16.0. The van der Waals surface area contributed by atoms with E-state index in [0.29, 0.717) is 12.1 Å². The van der Waals surface area contributed by atoms with E-state index in [4.69, 9.17) is 4.74 Å². The summed E-state index contributed by atoms with van der Waals surface area (Å²) in [6.45, 7) is 0.952. The molecular weight excluding hydrogens is 295 g/mol. The number of nitrogens with one attached hydrogen (secondary N) is 2. The fourth-order valence-electron chi connectivity index (χ4n) is 2.42. The van der Waals surface area contributed by atoms with E-state index < -0.39 is 15.8 Å². The van der Waals surface area contributed by atoms with Gasteiger partial charge in [-0.15, -0.1) is 0 Å². The second kappa shape index (κ2) is 7.09. The average molecular weight is 316 g/mol. The standard InChI is InChI=1S/C14H21FN2O3S/c1-20-14-10-12(5-6-13(14)15)17-21(18,19)9-7-11-4-2-3-8-16-11/h5-6,10-11,16-17H,2-4,7-9H2,1H3. The normalized spacial score (nSPS) is 19.2. The zero-order chi connectivity index (χ0) is 15.3. The SMILES string of the molecule is COc1cc(NS(=O)(=O)CCC2CCCCN2)ccc1F. The van der Waals surface area contributed by atoms with Crippen LogP contribution in [0.1, 0.15) is 25.7 Å². The van der Waals surface area contributed by atoms with E-state index in [-0.39, 0.29) is 17.5 Å². The Morgan fingerprint density at radius 3 is 2.90 bits per heavy atom. The van der Waals surface area contributed by atoms with Crippen molar-refractivity contribution in [2.75, 3.05) is 24.1 Å². The first-order valence-electron chi connectivity index (χ1n) is 7.07. The van der Waals surface area contributed by atoms with Gasteiger partial charge in [0.2, 0.25) is 10.0 Å². The number of hydrogen-bond acceptors (Lipinski definition) is 4. The average Bonchev–Trinajstić information content (AvgIpc) is 2.48. The molecule has 0 amide bonds. The van der Waals surface area contributed by atoms with Gasteiger partial charge in [-0.2, -0.15) is 0 Å². The Balaban J connectivity index is 1.93. The van der Waals surface area contributed by atoms with Crippen LogP contribution in [0.2, 0.25) is 0 Å². The van der Waals surface area contributed by atoms with Gasteiger partial charge in [0.1, 0.15) is 0 Å². The predicted octanol–water partition coefficient (Wildman–Crippen LogP) is 2.11. The van der Waals surface area contributed by atoms with Crippen molar-refractivity contribution >= 4 is 15.7 Å². The molecule has 5 nitrogen and oxygen atoms in total. The number of piperidine rings is 1. The summed E-state index contributed by atoms with van der Waals surface area (Å²) >= 11 is 0. The molecule has 0 aromatic heterocycles. The molecule has 1 aliphatic heterocycles. The highest BCUT2D eigenvalue weighted by atomic mass is 32.2. The number of hydrogen-bond donors (Lipinski definition) is 2. The molecule has 0 aliphatic carbocycles. The number of benzene rings is 1. The monoisotopic (exact) mass is 316 g/mol. The molecule has 1 aliphatic rings. The molecule has 7 heteroatoms. The van der Waals surface area contributed by atoms with Gasteiger partial charge in [0, 0.05) is 12.1 Å². The van der Waals surface area contributed by atoms with E-state index in [9.17, 15) is 12.8 Å². The molecular formula is C14H21FN2O3S. The highest BCUT2D eigenvalue weighted by Gasteiger charge is 2.18. The van der Waals surface area contributed by atoms with Crippen molar-refractivity contribution in [1.29, 1.82) is 0 Å². The van der Waals surface area contributed by atoms with Crippen LogP contribution in [0.3, 0.4) is 0 Å². The van der Waals surface area contributed by atoms with E-state index in [1.54, 1.807) is 0 Å². The summed E-state index contributed by atoms with van der Waals surface area (Å²) in [7, 11) is -2.10. The van der Waals surface area contributed by atoms with E-state index in [1.807, 2.05) is 0 Å². The lowest BCUT2D eigenvalue weighted by molar-refractivity contribution is 0.387. The first-order chi connectivity index (χ1) is 10.00. The minimum absolute atomic E-state index is 0.0177. The van der Waals surface area contributed by atoms with Crippen LogP contribution >= 0.6 is 0 Å².